The topological polar surface area (TPSA) is 26.4 Å². The molecule has 1 heterocycles. The fraction of sp³-hybridized carbons (Fsp3) is 0.818. The summed E-state index contributed by atoms with van der Waals surface area (Å²) in [7, 11) is 0. The Morgan fingerprint density at radius 1 is 1.07 bits per heavy atom. The molecule has 0 aromatic carbocycles. The monoisotopic (exact) mass is 197 g/mol. The lowest BCUT2D eigenvalue weighted by atomic mass is 10.2. The van der Waals surface area contributed by atoms with Gasteiger partial charge < -0.3 is 4.90 Å². The maximum Gasteiger partial charge on any atom is 0.0822 e. The van der Waals surface area contributed by atoms with Crippen molar-refractivity contribution >= 4 is 0 Å². The van der Waals surface area contributed by atoms with E-state index in [2.05, 4.69) is 16.4 Å². The van der Waals surface area contributed by atoms with E-state index in [1.54, 1.807) is 0 Å². The van der Waals surface area contributed by atoms with Crippen LogP contribution >= 0.6 is 0 Å². The second kappa shape index (κ2) is 6.98. The number of hydrogen-bond donors (Lipinski definition) is 0. The van der Waals surface area contributed by atoms with Gasteiger partial charge in [-0.15, -0.1) is 6.58 Å². The van der Waals surface area contributed by atoms with E-state index in [9.17, 15) is 5.11 Å². The van der Waals surface area contributed by atoms with Gasteiger partial charge in [0, 0.05) is 32.7 Å². The zero-order chi connectivity index (χ0) is 10.2. The van der Waals surface area contributed by atoms with Crippen LogP contribution in [0.3, 0.4) is 0 Å². The van der Waals surface area contributed by atoms with Gasteiger partial charge in [0.25, 0.3) is 0 Å². The van der Waals surface area contributed by atoms with Crippen molar-refractivity contribution in [1.29, 1.82) is 0 Å². The van der Waals surface area contributed by atoms with E-state index in [4.69, 9.17) is 0 Å². The lowest BCUT2D eigenvalue weighted by molar-refractivity contribution is 0.133. The third kappa shape index (κ3) is 4.22. The summed E-state index contributed by atoms with van der Waals surface area (Å²) in [5.74, 6) is 0. The Balaban J connectivity index is 2.06. The second-order valence-corrected chi connectivity index (χ2v) is 3.84. The largest absolute Gasteiger partial charge is 0.301 e. The first-order chi connectivity index (χ1) is 6.86. The third-order valence-electron chi connectivity index (χ3n) is 2.72. The highest BCUT2D eigenvalue weighted by Crippen LogP contribution is 2.03. The SMILES string of the molecule is C=CCN1CCN(CCCC[O])CC1. The zero-order valence-electron chi connectivity index (χ0n) is 8.95. The Morgan fingerprint density at radius 2 is 1.71 bits per heavy atom. The van der Waals surface area contributed by atoms with E-state index in [0.29, 0.717) is 0 Å². The smallest absolute Gasteiger partial charge is 0.0822 e. The number of nitrogens with zero attached hydrogens (tertiary/aromatic N) is 2. The molecule has 1 fully saturated rings. The molecule has 0 aromatic heterocycles. The molecule has 14 heavy (non-hydrogen) atoms. The van der Waals surface area contributed by atoms with E-state index in [0.717, 1.165) is 52.1 Å². The molecule has 0 aliphatic carbocycles. The number of rotatable bonds is 6. The number of unbranched alkanes of at least 4 members (excludes halogenated alkanes) is 1. The van der Waals surface area contributed by atoms with Gasteiger partial charge >= 0.3 is 0 Å². The van der Waals surface area contributed by atoms with Crippen molar-refractivity contribution in [1.82, 2.24) is 9.80 Å². The molecule has 81 valence electrons. The van der Waals surface area contributed by atoms with Crippen LogP contribution in [0.5, 0.6) is 0 Å². The summed E-state index contributed by atoms with van der Waals surface area (Å²) in [6.45, 7) is 10.5. The van der Waals surface area contributed by atoms with E-state index in [1.165, 1.54) is 0 Å². The fourth-order valence-corrected chi connectivity index (χ4v) is 1.82. The first-order valence-electron chi connectivity index (χ1n) is 5.50. The van der Waals surface area contributed by atoms with E-state index < -0.39 is 0 Å². The molecule has 1 aliphatic rings. The molecule has 1 radical (unpaired) electrons. The van der Waals surface area contributed by atoms with Crippen molar-refractivity contribution in [2.24, 2.45) is 0 Å². The Morgan fingerprint density at radius 3 is 2.29 bits per heavy atom. The minimum atomic E-state index is 0.0798. The van der Waals surface area contributed by atoms with Gasteiger partial charge in [0.15, 0.2) is 0 Å². The average Bonchev–Trinajstić information content (AvgIpc) is 2.21. The van der Waals surface area contributed by atoms with Crippen molar-refractivity contribution in [3.05, 3.63) is 12.7 Å². The zero-order valence-corrected chi connectivity index (χ0v) is 8.95. The first-order valence-corrected chi connectivity index (χ1v) is 5.50. The Hall–Kier alpha value is -0.380. The van der Waals surface area contributed by atoms with E-state index >= 15 is 0 Å². The first kappa shape index (κ1) is 11.7. The summed E-state index contributed by atoms with van der Waals surface area (Å²) in [5.41, 5.74) is 0. The van der Waals surface area contributed by atoms with Crippen LogP contribution in [-0.2, 0) is 5.11 Å². The number of hydrogen-bond acceptors (Lipinski definition) is 2. The van der Waals surface area contributed by atoms with Crippen molar-refractivity contribution in [3.8, 4) is 0 Å². The summed E-state index contributed by atoms with van der Waals surface area (Å²) >= 11 is 0. The highest BCUT2D eigenvalue weighted by Gasteiger charge is 2.14. The molecule has 0 aromatic rings. The van der Waals surface area contributed by atoms with Crippen LogP contribution in [0.2, 0.25) is 0 Å². The van der Waals surface area contributed by atoms with Crippen molar-refractivity contribution in [3.63, 3.8) is 0 Å². The van der Waals surface area contributed by atoms with Gasteiger partial charge in [-0.25, -0.2) is 5.11 Å². The maximum absolute atomic E-state index is 10.3. The van der Waals surface area contributed by atoms with Crippen LogP contribution in [-0.4, -0.2) is 55.7 Å². The Labute approximate surface area is 87.0 Å². The summed E-state index contributed by atoms with van der Waals surface area (Å²) in [4.78, 5) is 4.87. The molecule has 1 aliphatic heterocycles. The normalized spacial score (nSPS) is 19.8. The van der Waals surface area contributed by atoms with Crippen LogP contribution in [0, 0.1) is 0 Å². The van der Waals surface area contributed by atoms with Gasteiger partial charge in [-0.2, -0.15) is 0 Å². The predicted octanol–water partition coefficient (Wildman–Crippen LogP) is 1.00. The second-order valence-electron chi connectivity index (χ2n) is 3.84. The molecule has 0 saturated carbocycles. The molecule has 0 atom stereocenters. The summed E-state index contributed by atoms with van der Waals surface area (Å²) in [6.07, 6.45) is 3.85. The molecule has 0 N–H and O–H groups in total. The third-order valence-corrected chi connectivity index (χ3v) is 2.72. The van der Waals surface area contributed by atoms with Gasteiger partial charge in [0.2, 0.25) is 0 Å². The molecule has 3 nitrogen and oxygen atoms in total. The van der Waals surface area contributed by atoms with Crippen molar-refractivity contribution in [2.45, 2.75) is 12.8 Å². The lowest BCUT2D eigenvalue weighted by Gasteiger charge is -2.34. The molecule has 0 unspecified atom stereocenters. The summed E-state index contributed by atoms with van der Waals surface area (Å²) in [6, 6.07) is 0. The molecule has 0 bridgehead atoms. The van der Waals surface area contributed by atoms with Crippen LogP contribution in [0.15, 0.2) is 12.7 Å². The minimum absolute atomic E-state index is 0.0798. The average molecular weight is 197 g/mol. The maximum atomic E-state index is 10.3. The number of piperazine rings is 1. The highest BCUT2D eigenvalue weighted by atomic mass is 16.2. The van der Waals surface area contributed by atoms with Crippen LogP contribution in [0.4, 0.5) is 0 Å². The van der Waals surface area contributed by atoms with Crippen LogP contribution < -0.4 is 0 Å². The van der Waals surface area contributed by atoms with Gasteiger partial charge in [-0.1, -0.05) is 6.08 Å². The molecule has 0 amide bonds. The van der Waals surface area contributed by atoms with Gasteiger partial charge in [-0.3, -0.25) is 4.90 Å². The predicted molar refractivity (Wildman–Crippen MR) is 57.9 cm³/mol. The molecular weight excluding hydrogens is 176 g/mol. The fourth-order valence-electron chi connectivity index (χ4n) is 1.82. The van der Waals surface area contributed by atoms with Gasteiger partial charge in [0.05, 0.1) is 6.61 Å². The lowest BCUT2D eigenvalue weighted by Crippen LogP contribution is -2.46. The highest BCUT2D eigenvalue weighted by molar-refractivity contribution is 4.78. The van der Waals surface area contributed by atoms with Crippen LogP contribution in [0.1, 0.15) is 12.8 Å². The Bertz CT molecular complexity index is 153. The van der Waals surface area contributed by atoms with E-state index in [-0.39, 0.29) is 6.61 Å². The molecule has 1 rings (SSSR count). The summed E-state index contributed by atoms with van der Waals surface area (Å²) < 4.78 is 0. The van der Waals surface area contributed by atoms with Crippen molar-refractivity contribution < 1.29 is 5.11 Å². The van der Waals surface area contributed by atoms with Gasteiger partial charge in [-0.05, 0) is 19.4 Å². The molecule has 1 saturated heterocycles. The standard InChI is InChI=1S/C11H21N2O/c1-2-5-12-7-9-13(10-8-12)6-3-4-11-14/h2H,1,3-11H2. The van der Waals surface area contributed by atoms with E-state index in [1.807, 2.05) is 6.08 Å². The minimum Gasteiger partial charge on any atom is -0.301 e. The summed E-state index contributed by atoms with van der Waals surface area (Å²) in [5, 5.41) is 10.3. The van der Waals surface area contributed by atoms with Crippen LogP contribution in [0.25, 0.3) is 0 Å². The molecular formula is C11H21N2O. The van der Waals surface area contributed by atoms with Gasteiger partial charge in [0.1, 0.15) is 0 Å². The quantitative estimate of drug-likeness (QED) is 0.469. The Kier molecular flexibility index (Phi) is 5.83. The molecule has 3 heteroatoms. The molecule has 0 spiro atoms. The van der Waals surface area contributed by atoms with Crippen molar-refractivity contribution in [2.75, 3.05) is 45.9 Å².